The summed E-state index contributed by atoms with van der Waals surface area (Å²) in [6, 6.07) is 16.6. The van der Waals surface area contributed by atoms with Crippen molar-refractivity contribution in [3.8, 4) is 0 Å². The van der Waals surface area contributed by atoms with E-state index in [0.29, 0.717) is 18.4 Å². The number of para-hydroxylation sites is 1. The maximum absolute atomic E-state index is 12.5. The van der Waals surface area contributed by atoms with Gasteiger partial charge in [0.2, 0.25) is 5.91 Å². The first-order chi connectivity index (χ1) is 11.9. The van der Waals surface area contributed by atoms with Crippen LogP contribution in [0.1, 0.15) is 69.2 Å². The number of carbonyl (C=O) groups excluding carboxylic acids is 1. The van der Waals surface area contributed by atoms with Gasteiger partial charge in [-0.25, -0.2) is 0 Å². The molecule has 0 heterocycles. The molecule has 0 aliphatic heterocycles. The molecule has 0 spiro atoms. The summed E-state index contributed by atoms with van der Waals surface area (Å²) in [6.45, 7) is 11.0. The Morgan fingerprint density at radius 1 is 0.840 bits per heavy atom. The first-order valence-corrected chi connectivity index (χ1v) is 9.11. The van der Waals surface area contributed by atoms with Crippen molar-refractivity contribution in [1.82, 2.24) is 5.32 Å². The number of hydrogen-bond donors (Lipinski definition) is 2. The third-order valence-corrected chi connectivity index (χ3v) is 4.51. The second kappa shape index (κ2) is 8.82. The van der Waals surface area contributed by atoms with E-state index in [1.165, 1.54) is 16.7 Å². The SMILES string of the molecule is CC(C)c1cccc(C(C)C)c1NC(=O)CN[C@@H](C)c1ccccc1. The van der Waals surface area contributed by atoms with Crippen molar-refractivity contribution >= 4 is 11.6 Å². The minimum atomic E-state index is -0.00205. The van der Waals surface area contributed by atoms with Gasteiger partial charge in [-0.15, -0.1) is 0 Å². The number of anilines is 1. The molecular weight excluding hydrogens is 308 g/mol. The molecule has 2 rings (SSSR count). The molecule has 2 aromatic rings. The van der Waals surface area contributed by atoms with Gasteiger partial charge in [-0.05, 0) is 35.4 Å². The number of nitrogens with one attached hydrogen (secondary N) is 2. The first kappa shape index (κ1) is 19.2. The highest BCUT2D eigenvalue weighted by atomic mass is 16.1. The minimum Gasteiger partial charge on any atom is -0.324 e. The Morgan fingerprint density at radius 2 is 1.40 bits per heavy atom. The molecule has 2 N–H and O–H groups in total. The fraction of sp³-hybridized carbons (Fsp3) is 0.409. The monoisotopic (exact) mass is 338 g/mol. The molecule has 0 unspecified atom stereocenters. The van der Waals surface area contributed by atoms with Crippen LogP contribution in [-0.2, 0) is 4.79 Å². The van der Waals surface area contributed by atoms with E-state index in [2.05, 4.69) is 75.6 Å². The highest BCUT2D eigenvalue weighted by Gasteiger charge is 2.16. The molecule has 0 aliphatic carbocycles. The van der Waals surface area contributed by atoms with E-state index in [9.17, 15) is 4.79 Å². The predicted molar refractivity (Wildman–Crippen MR) is 106 cm³/mol. The number of hydrogen-bond acceptors (Lipinski definition) is 2. The fourth-order valence-corrected chi connectivity index (χ4v) is 2.98. The van der Waals surface area contributed by atoms with Gasteiger partial charge in [0.25, 0.3) is 0 Å². The molecule has 0 bridgehead atoms. The lowest BCUT2D eigenvalue weighted by Gasteiger charge is -2.21. The van der Waals surface area contributed by atoms with E-state index in [1.807, 2.05) is 18.2 Å². The van der Waals surface area contributed by atoms with Crippen LogP contribution in [0.15, 0.2) is 48.5 Å². The molecule has 1 amide bonds. The lowest BCUT2D eigenvalue weighted by Crippen LogP contribution is -2.30. The fourth-order valence-electron chi connectivity index (χ4n) is 2.98. The van der Waals surface area contributed by atoms with Crippen molar-refractivity contribution < 1.29 is 4.79 Å². The lowest BCUT2D eigenvalue weighted by molar-refractivity contribution is -0.115. The molecule has 0 fully saturated rings. The molecule has 25 heavy (non-hydrogen) atoms. The third kappa shape index (κ3) is 5.17. The van der Waals surface area contributed by atoms with Crippen LogP contribution in [0, 0.1) is 0 Å². The Labute approximate surface area is 151 Å². The van der Waals surface area contributed by atoms with Crippen LogP contribution in [0.25, 0.3) is 0 Å². The highest BCUT2D eigenvalue weighted by molar-refractivity contribution is 5.94. The van der Waals surface area contributed by atoms with Crippen LogP contribution in [0.3, 0.4) is 0 Å². The lowest BCUT2D eigenvalue weighted by atomic mass is 9.92. The van der Waals surface area contributed by atoms with Crippen LogP contribution in [0.5, 0.6) is 0 Å². The Morgan fingerprint density at radius 3 is 1.92 bits per heavy atom. The van der Waals surface area contributed by atoms with E-state index < -0.39 is 0 Å². The summed E-state index contributed by atoms with van der Waals surface area (Å²) in [5, 5.41) is 6.45. The predicted octanol–water partition coefficient (Wildman–Crippen LogP) is 5.22. The zero-order valence-electron chi connectivity index (χ0n) is 16.0. The van der Waals surface area contributed by atoms with Crippen LogP contribution < -0.4 is 10.6 Å². The molecule has 0 aromatic heterocycles. The summed E-state index contributed by atoms with van der Waals surface area (Å²) >= 11 is 0. The smallest absolute Gasteiger partial charge is 0.238 e. The van der Waals surface area contributed by atoms with Gasteiger partial charge in [-0.3, -0.25) is 4.79 Å². The zero-order valence-corrected chi connectivity index (χ0v) is 16.0. The quantitative estimate of drug-likeness (QED) is 0.726. The van der Waals surface area contributed by atoms with Crippen molar-refractivity contribution in [3.63, 3.8) is 0 Å². The topological polar surface area (TPSA) is 41.1 Å². The Hall–Kier alpha value is -2.13. The van der Waals surface area contributed by atoms with Gasteiger partial charge >= 0.3 is 0 Å². The van der Waals surface area contributed by atoms with Crippen molar-refractivity contribution in [1.29, 1.82) is 0 Å². The average molecular weight is 338 g/mol. The van der Waals surface area contributed by atoms with Crippen LogP contribution in [-0.4, -0.2) is 12.5 Å². The molecule has 0 saturated carbocycles. The molecule has 3 heteroatoms. The maximum Gasteiger partial charge on any atom is 0.238 e. The second-order valence-corrected chi connectivity index (χ2v) is 7.18. The molecular formula is C22H30N2O. The maximum atomic E-state index is 12.5. The Balaban J connectivity index is 2.07. The minimum absolute atomic E-state index is 0.00205. The van der Waals surface area contributed by atoms with E-state index >= 15 is 0 Å². The van der Waals surface area contributed by atoms with Crippen molar-refractivity contribution in [3.05, 3.63) is 65.2 Å². The third-order valence-electron chi connectivity index (χ3n) is 4.51. The largest absolute Gasteiger partial charge is 0.324 e. The number of benzene rings is 2. The molecule has 3 nitrogen and oxygen atoms in total. The number of amides is 1. The highest BCUT2D eigenvalue weighted by Crippen LogP contribution is 2.32. The normalized spacial score (nSPS) is 12.4. The van der Waals surface area contributed by atoms with E-state index in [-0.39, 0.29) is 11.9 Å². The van der Waals surface area contributed by atoms with Crippen LogP contribution in [0.4, 0.5) is 5.69 Å². The molecule has 2 aromatic carbocycles. The number of carbonyl (C=O) groups is 1. The summed E-state index contributed by atoms with van der Waals surface area (Å²) in [7, 11) is 0. The van der Waals surface area contributed by atoms with Gasteiger partial charge in [0.15, 0.2) is 0 Å². The van der Waals surface area contributed by atoms with E-state index in [0.717, 1.165) is 5.69 Å². The van der Waals surface area contributed by atoms with Gasteiger partial charge in [0.1, 0.15) is 0 Å². The first-order valence-electron chi connectivity index (χ1n) is 9.11. The summed E-state index contributed by atoms with van der Waals surface area (Å²) in [5.41, 5.74) is 4.54. The summed E-state index contributed by atoms with van der Waals surface area (Å²) in [6.07, 6.45) is 0. The second-order valence-electron chi connectivity index (χ2n) is 7.18. The molecule has 0 aliphatic rings. The summed E-state index contributed by atoms with van der Waals surface area (Å²) in [4.78, 5) is 12.5. The zero-order chi connectivity index (χ0) is 18.4. The van der Waals surface area contributed by atoms with Crippen LogP contribution >= 0.6 is 0 Å². The van der Waals surface area contributed by atoms with Gasteiger partial charge in [0, 0.05) is 11.7 Å². The molecule has 1 atom stereocenters. The summed E-state index contributed by atoms with van der Waals surface area (Å²) < 4.78 is 0. The Kier molecular flexibility index (Phi) is 6.77. The average Bonchev–Trinajstić information content (AvgIpc) is 2.60. The van der Waals surface area contributed by atoms with Gasteiger partial charge in [-0.1, -0.05) is 76.2 Å². The van der Waals surface area contributed by atoms with E-state index in [4.69, 9.17) is 0 Å². The standard InChI is InChI=1S/C22H30N2O/c1-15(2)19-12-9-13-20(16(3)4)22(19)24-21(25)14-23-17(5)18-10-7-6-8-11-18/h6-13,15-17,23H,14H2,1-5H3,(H,24,25)/t17-/m0/s1. The summed E-state index contributed by atoms with van der Waals surface area (Å²) in [5.74, 6) is 0.730. The van der Waals surface area contributed by atoms with Crippen molar-refractivity contribution in [2.24, 2.45) is 0 Å². The van der Waals surface area contributed by atoms with Crippen LogP contribution in [0.2, 0.25) is 0 Å². The Bertz CT molecular complexity index is 666. The van der Waals surface area contributed by atoms with Crippen molar-refractivity contribution in [2.45, 2.75) is 52.5 Å². The number of rotatable bonds is 7. The van der Waals surface area contributed by atoms with Gasteiger partial charge < -0.3 is 10.6 Å². The van der Waals surface area contributed by atoms with E-state index in [1.54, 1.807) is 0 Å². The van der Waals surface area contributed by atoms with Crippen molar-refractivity contribution in [2.75, 3.05) is 11.9 Å². The van der Waals surface area contributed by atoms with Gasteiger partial charge in [0.05, 0.1) is 6.54 Å². The molecule has 0 radical (unpaired) electrons. The molecule has 0 saturated heterocycles. The molecule has 134 valence electrons. The van der Waals surface area contributed by atoms with Gasteiger partial charge in [-0.2, -0.15) is 0 Å².